The fourth-order valence-corrected chi connectivity index (χ4v) is 3.59. The van der Waals surface area contributed by atoms with Crippen LogP contribution in [-0.2, 0) is 19.6 Å². The maximum Gasteiger partial charge on any atom is 0.257 e. The van der Waals surface area contributed by atoms with Gasteiger partial charge in [-0.05, 0) is 43.2 Å². The van der Waals surface area contributed by atoms with Gasteiger partial charge in [-0.15, -0.1) is 6.58 Å². The molecule has 6 nitrogen and oxygen atoms in total. The van der Waals surface area contributed by atoms with E-state index in [-0.39, 0.29) is 18.7 Å². The zero-order chi connectivity index (χ0) is 22.1. The normalized spacial score (nSPS) is 12.3. The summed E-state index contributed by atoms with van der Waals surface area (Å²) in [5.41, 5.74) is 0.911. The Kier molecular flexibility index (Phi) is 8.06. The van der Waals surface area contributed by atoms with Crippen molar-refractivity contribution in [3.05, 3.63) is 84.0 Å². The number of amides is 2. The molecular formula is C22H23FN2O4S. The highest BCUT2D eigenvalue weighted by molar-refractivity contribution is 7.93. The van der Waals surface area contributed by atoms with Gasteiger partial charge in [0.25, 0.3) is 10.0 Å². The summed E-state index contributed by atoms with van der Waals surface area (Å²) in [6.45, 7) is 5.38. The van der Waals surface area contributed by atoms with Crippen molar-refractivity contribution in [2.45, 2.75) is 13.3 Å². The molecular weight excluding hydrogens is 407 g/mol. The van der Waals surface area contributed by atoms with Gasteiger partial charge in [0.05, 0.1) is 5.41 Å². The van der Waals surface area contributed by atoms with Crippen molar-refractivity contribution in [1.29, 1.82) is 0 Å². The van der Waals surface area contributed by atoms with E-state index in [4.69, 9.17) is 0 Å². The molecule has 1 N–H and O–H groups in total. The Hall–Kier alpha value is -3.26. The minimum atomic E-state index is -4.12. The molecule has 8 heteroatoms. The average Bonchev–Trinajstić information content (AvgIpc) is 2.71. The fourth-order valence-electron chi connectivity index (χ4n) is 2.76. The molecule has 0 saturated heterocycles. The largest absolute Gasteiger partial charge is 0.312 e. The van der Waals surface area contributed by atoms with Gasteiger partial charge in [0.15, 0.2) is 0 Å². The molecule has 1 unspecified atom stereocenters. The summed E-state index contributed by atoms with van der Waals surface area (Å²) in [5, 5.41) is 0.861. The van der Waals surface area contributed by atoms with Crippen molar-refractivity contribution >= 4 is 33.6 Å². The Morgan fingerprint density at radius 2 is 1.87 bits per heavy atom. The second-order valence-electron chi connectivity index (χ2n) is 6.36. The highest BCUT2D eigenvalue weighted by atomic mass is 32.2. The minimum absolute atomic E-state index is 0.0750. The number of anilines is 1. The van der Waals surface area contributed by atoms with Crippen LogP contribution in [0.15, 0.2) is 72.7 Å². The first-order valence-corrected chi connectivity index (χ1v) is 10.8. The Morgan fingerprint density at radius 1 is 1.17 bits per heavy atom. The van der Waals surface area contributed by atoms with E-state index in [1.54, 1.807) is 37.3 Å². The molecule has 2 rings (SSSR count). The van der Waals surface area contributed by atoms with Crippen LogP contribution in [0, 0.1) is 11.7 Å². The Labute approximate surface area is 175 Å². The van der Waals surface area contributed by atoms with E-state index < -0.39 is 33.6 Å². The lowest BCUT2D eigenvalue weighted by Gasteiger charge is -2.25. The summed E-state index contributed by atoms with van der Waals surface area (Å²) in [5.74, 6) is -3.49. The van der Waals surface area contributed by atoms with Crippen molar-refractivity contribution < 1.29 is 22.4 Å². The number of hydrogen-bond donors (Lipinski definition) is 1. The van der Waals surface area contributed by atoms with Crippen LogP contribution in [0.25, 0.3) is 6.08 Å². The number of benzene rings is 2. The number of nitrogens with zero attached hydrogens (tertiary/aromatic N) is 1. The van der Waals surface area contributed by atoms with E-state index in [1.165, 1.54) is 41.3 Å². The summed E-state index contributed by atoms with van der Waals surface area (Å²) in [6.07, 6.45) is 2.62. The quantitative estimate of drug-likeness (QED) is 0.488. The highest BCUT2D eigenvalue weighted by Gasteiger charge is 2.31. The Balaban J connectivity index is 2.21. The van der Waals surface area contributed by atoms with Gasteiger partial charge in [-0.1, -0.05) is 42.5 Å². The predicted octanol–water partition coefficient (Wildman–Crippen LogP) is 3.49. The molecule has 2 aromatic rings. The summed E-state index contributed by atoms with van der Waals surface area (Å²) in [4.78, 5) is 26.8. The smallest absolute Gasteiger partial charge is 0.257 e. The molecule has 0 aliphatic carbocycles. The van der Waals surface area contributed by atoms with Gasteiger partial charge >= 0.3 is 0 Å². The monoisotopic (exact) mass is 430 g/mol. The van der Waals surface area contributed by atoms with Crippen LogP contribution in [0.1, 0.15) is 18.9 Å². The minimum Gasteiger partial charge on any atom is -0.312 e. The first-order valence-electron chi connectivity index (χ1n) is 9.25. The molecule has 0 spiro atoms. The van der Waals surface area contributed by atoms with Crippen molar-refractivity contribution in [1.82, 2.24) is 4.72 Å². The molecule has 0 fully saturated rings. The van der Waals surface area contributed by atoms with Crippen LogP contribution in [0.3, 0.4) is 0 Å². The molecule has 2 aromatic carbocycles. The highest BCUT2D eigenvalue weighted by Crippen LogP contribution is 2.20. The lowest BCUT2D eigenvalue weighted by molar-refractivity contribution is -0.132. The van der Waals surface area contributed by atoms with Gasteiger partial charge in [0.1, 0.15) is 11.7 Å². The number of carbonyl (C=O) groups excluding carboxylic acids is 2. The first kappa shape index (κ1) is 23.0. The van der Waals surface area contributed by atoms with E-state index >= 15 is 0 Å². The molecule has 158 valence electrons. The molecule has 0 bridgehead atoms. The third-order valence-electron chi connectivity index (χ3n) is 4.20. The topological polar surface area (TPSA) is 83.5 Å². The molecule has 0 saturated carbocycles. The van der Waals surface area contributed by atoms with Gasteiger partial charge in [-0.25, -0.2) is 17.5 Å². The van der Waals surface area contributed by atoms with Crippen LogP contribution in [0.5, 0.6) is 0 Å². The van der Waals surface area contributed by atoms with Crippen LogP contribution < -0.4 is 9.62 Å². The van der Waals surface area contributed by atoms with Gasteiger partial charge in [-0.2, -0.15) is 0 Å². The van der Waals surface area contributed by atoms with Crippen molar-refractivity contribution in [3.63, 3.8) is 0 Å². The second-order valence-corrected chi connectivity index (χ2v) is 7.93. The number of halogens is 1. The van der Waals surface area contributed by atoms with Gasteiger partial charge in [0.2, 0.25) is 11.8 Å². The Morgan fingerprint density at radius 3 is 2.47 bits per heavy atom. The van der Waals surface area contributed by atoms with Crippen molar-refractivity contribution in [3.8, 4) is 0 Å². The molecule has 1 atom stereocenters. The maximum absolute atomic E-state index is 13.6. The predicted molar refractivity (Wildman–Crippen MR) is 115 cm³/mol. The number of sulfonamides is 1. The Bertz CT molecular complexity index is 1040. The van der Waals surface area contributed by atoms with E-state index in [0.717, 1.165) is 5.41 Å². The second kappa shape index (κ2) is 10.5. The number of hydrogen-bond acceptors (Lipinski definition) is 4. The van der Waals surface area contributed by atoms with E-state index in [9.17, 15) is 22.4 Å². The molecule has 0 heterocycles. The summed E-state index contributed by atoms with van der Waals surface area (Å²) in [6, 6.07) is 14.1. The van der Waals surface area contributed by atoms with Crippen molar-refractivity contribution in [2.24, 2.45) is 5.92 Å². The maximum atomic E-state index is 13.6. The van der Waals surface area contributed by atoms with E-state index in [0.29, 0.717) is 5.56 Å². The van der Waals surface area contributed by atoms with Gasteiger partial charge in [-0.3, -0.25) is 9.59 Å². The number of rotatable bonds is 9. The molecule has 2 amide bonds. The van der Waals surface area contributed by atoms with Gasteiger partial charge in [0, 0.05) is 12.2 Å². The fraction of sp³-hybridized carbons (Fsp3) is 0.182. The molecule has 0 radical (unpaired) electrons. The summed E-state index contributed by atoms with van der Waals surface area (Å²) < 4.78 is 40.0. The first-order chi connectivity index (χ1) is 14.3. The number of carbonyl (C=O) groups is 2. The molecule has 0 aliphatic rings. The summed E-state index contributed by atoms with van der Waals surface area (Å²) in [7, 11) is -4.12. The molecule has 30 heavy (non-hydrogen) atoms. The molecule has 0 aliphatic heterocycles. The number of allylic oxidation sites excluding steroid dienone is 1. The summed E-state index contributed by atoms with van der Waals surface area (Å²) >= 11 is 0. The van der Waals surface area contributed by atoms with Crippen LogP contribution in [-0.4, -0.2) is 26.8 Å². The van der Waals surface area contributed by atoms with Gasteiger partial charge < -0.3 is 4.90 Å². The van der Waals surface area contributed by atoms with E-state index in [2.05, 4.69) is 6.58 Å². The zero-order valence-corrected chi connectivity index (χ0v) is 17.3. The molecule has 0 aromatic heterocycles. The van der Waals surface area contributed by atoms with E-state index in [1.807, 2.05) is 4.72 Å². The van der Waals surface area contributed by atoms with Crippen LogP contribution in [0.2, 0.25) is 0 Å². The SMILES string of the molecule is C=CCC(C(=O)NS(=O)(=O)C=Cc1ccccc1)C(=O)N(CC)c1cccc(F)c1. The average molecular weight is 431 g/mol. The van der Waals surface area contributed by atoms with Crippen LogP contribution >= 0.6 is 0 Å². The zero-order valence-electron chi connectivity index (χ0n) is 16.5. The third-order valence-corrected chi connectivity index (χ3v) is 5.18. The van der Waals surface area contributed by atoms with Crippen LogP contribution in [0.4, 0.5) is 10.1 Å². The lowest BCUT2D eigenvalue weighted by atomic mass is 10.0. The number of nitrogens with one attached hydrogen (secondary N) is 1. The van der Waals surface area contributed by atoms with Crippen molar-refractivity contribution in [2.75, 3.05) is 11.4 Å². The third kappa shape index (κ3) is 6.38. The lowest BCUT2D eigenvalue weighted by Crippen LogP contribution is -2.45. The standard InChI is InChI=1S/C22H23FN2O4S/c1-3-9-20(22(27)25(4-2)19-13-8-12-18(23)16-19)21(26)24-30(28,29)15-14-17-10-6-5-7-11-17/h3,5-8,10-16,20H,1,4,9H2,2H3,(H,24,26).